The molecule has 146 valence electrons. The van der Waals surface area contributed by atoms with E-state index in [0.717, 1.165) is 0 Å². The molecule has 0 aromatic carbocycles. The summed E-state index contributed by atoms with van der Waals surface area (Å²) in [6, 6.07) is 0. The Bertz CT molecular complexity index is 816. The number of rotatable bonds is 5. The Balaban J connectivity index is 1.80. The number of ketones is 2. The Kier molecular flexibility index (Phi) is 5.60. The summed E-state index contributed by atoms with van der Waals surface area (Å²) in [6.07, 6.45) is 3.29. The summed E-state index contributed by atoms with van der Waals surface area (Å²) in [6.45, 7) is 4.15. The highest BCUT2D eigenvalue weighted by Gasteiger charge is 2.36. The van der Waals surface area contributed by atoms with Gasteiger partial charge < -0.3 is 14.7 Å². The van der Waals surface area contributed by atoms with E-state index in [0.29, 0.717) is 61.3 Å². The number of aryl methyl sites for hydroxylation is 1. The fourth-order valence-corrected chi connectivity index (χ4v) is 3.85. The van der Waals surface area contributed by atoms with Gasteiger partial charge in [0.1, 0.15) is 11.5 Å². The van der Waals surface area contributed by atoms with Crippen LogP contribution in [0.4, 0.5) is 0 Å². The fourth-order valence-electron chi connectivity index (χ4n) is 3.85. The molecule has 3 rings (SSSR count). The number of hydrogen-bond donors (Lipinski definition) is 2. The maximum atomic E-state index is 12.5. The van der Waals surface area contributed by atoms with E-state index in [1.165, 1.54) is 0 Å². The van der Waals surface area contributed by atoms with Crippen molar-refractivity contribution in [2.45, 2.75) is 58.8 Å². The zero-order valence-electron chi connectivity index (χ0n) is 15.9. The molecule has 1 saturated carbocycles. The summed E-state index contributed by atoms with van der Waals surface area (Å²) in [5.74, 6) is 0.466. The van der Waals surface area contributed by atoms with Crippen LogP contribution in [-0.2, 0) is 17.6 Å². The standard InChI is InChI=1S/C20H26N2O5/c1-20(2)10-16(26)19-13(22-27-17(19)11-20)6-7-15(25)18-12(21-8-9-23)4-3-5-14(18)24/h23,25H,3-11H2,1-2H3/b18-15+,21-12?. The van der Waals surface area contributed by atoms with Gasteiger partial charge in [-0.3, -0.25) is 14.6 Å². The molecule has 0 aliphatic heterocycles. The molecule has 1 aromatic heterocycles. The molecule has 0 unspecified atom stereocenters. The summed E-state index contributed by atoms with van der Waals surface area (Å²) in [4.78, 5) is 29.0. The molecule has 0 saturated heterocycles. The van der Waals surface area contributed by atoms with Crippen LogP contribution in [0.2, 0.25) is 0 Å². The van der Waals surface area contributed by atoms with Crippen molar-refractivity contribution in [2.24, 2.45) is 10.4 Å². The van der Waals surface area contributed by atoms with E-state index in [1.54, 1.807) is 0 Å². The molecule has 7 heteroatoms. The first kappa shape index (κ1) is 19.5. The first-order valence-corrected chi connectivity index (χ1v) is 9.43. The third kappa shape index (κ3) is 4.18. The van der Waals surface area contributed by atoms with Crippen LogP contribution in [-0.4, -0.2) is 45.8 Å². The Morgan fingerprint density at radius 2 is 2.00 bits per heavy atom. The molecule has 2 N–H and O–H groups in total. The largest absolute Gasteiger partial charge is 0.511 e. The third-order valence-corrected chi connectivity index (χ3v) is 5.07. The molecular weight excluding hydrogens is 348 g/mol. The van der Waals surface area contributed by atoms with E-state index in [-0.39, 0.29) is 47.9 Å². The van der Waals surface area contributed by atoms with Crippen molar-refractivity contribution in [3.8, 4) is 0 Å². The highest BCUT2D eigenvalue weighted by Crippen LogP contribution is 2.36. The van der Waals surface area contributed by atoms with Crippen LogP contribution >= 0.6 is 0 Å². The summed E-state index contributed by atoms with van der Waals surface area (Å²) in [5.41, 5.74) is 1.75. The Morgan fingerprint density at radius 1 is 1.22 bits per heavy atom. The number of hydrogen-bond acceptors (Lipinski definition) is 7. The fraction of sp³-hybridized carbons (Fsp3) is 0.600. The second-order valence-corrected chi connectivity index (χ2v) is 8.02. The van der Waals surface area contributed by atoms with Crippen molar-refractivity contribution in [1.29, 1.82) is 0 Å². The Hall–Kier alpha value is -2.28. The number of allylic oxidation sites excluding steroid dienone is 2. The van der Waals surface area contributed by atoms with Gasteiger partial charge in [-0.25, -0.2) is 0 Å². The van der Waals surface area contributed by atoms with Gasteiger partial charge in [0.15, 0.2) is 11.6 Å². The lowest BCUT2D eigenvalue weighted by molar-refractivity contribution is -0.115. The second kappa shape index (κ2) is 7.76. The van der Waals surface area contributed by atoms with Crippen LogP contribution < -0.4 is 0 Å². The molecule has 0 amide bonds. The number of aromatic nitrogens is 1. The molecular formula is C20H26N2O5. The Morgan fingerprint density at radius 3 is 2.74 bits per heavy atom. The lowest BCUT2D eigenvalue weighted by atomic mass is 9.76. The van der Waals surface area contributed by atoms with E-state index in [2.05, 4.69) is 10.1 Å². The monoisotopic (exact) mass is 374 g/mol. The van der Waals surface area contributed by atoms with E-state index in [1.807, 2.05) is 13.8 Å². The van der Waals surface area contributed by atoms with Crippen molar-refractivity contribution in [2.75, 3.05) is 13.2 Å². The first-order chi connectivity index (χ1) is 12.8. The smallest absolute Gasteiger partial charge is 0.168 e. The SMILES string of the molecule is CC1(C)CC(=O)c2c(CC/C(O)=C3\C(=O)CCCC3=NCCO)noc2C1. The molecule has 0 spiro atoms. The molecule has 0 bridgehead atoms. The summed E-state index contributed by atoms with van der Waals surface area (Å²) < 4.78 is 5.38. The minimum absolute atomic E-state index is 0.0172. The van der Waals surface area contributed by atoms with Gasteiger partial charge in [0.2, 0.25) is 0 Å². The van der Waals surface area contributed by atoms with Crippen LogP contribution in [0.3, 0.4) is 0 Å². The topological polar surface area (TPSA) is 113 Å². The van der Waals surface area contributed by atoms with Crippen LogP contribution in [0.5, 0.6) is 0 Å². The molecule has 0 radical (unpaired) electrons. The van der Waals surface area contributed by atoms with Gasteiger partial charge >= 0.3 is 0 Å². The van der Waals surface area contributed by atoms with Crippen molar-refractivity contribution >= 4 is 17.3 Å². The minimum Gasteiger partial charge on any atom is -0.511 e. The van der Waals surface area contributed by atoms with Gasteiger partial charge in [0.25, 0.3) is 0 Å². The van der Waals surface area contributed by atoms with Gasteiger partial charge in [0, 0.05) is 37.8 Å². The molecule has 1 heterocycles. The van der Waals surface area contributed by atoms with E-state index in [4.69, 9.17) is 9.63 Å². The normalized spacial score (nSPS) is 22.9. The molecule has 2 aliphatic rings. The highest BCUT2D eigenvalue weighted by molar-refractivity contribution is 6.24. The van der Waals surface area contributed by atoms with Crippen LogP contribution in [0.1, 0.15) is 67.8 Å². The van der Waals surface area contributed by atoms with E-state index >= 15 is 0 Å². The lowest BCUT2D eigenvalue weighted by Gasteiger charge is -2.26. The first-order valence-electron chi connectivity index (χ1n) is 9.43. The zero-order chi connectivity index (χ0) is 19.6. The number of nitrogens with zero attached hydrogens (tertiary/aromatic N) is 2. The van der Waals surface area contributed by atoms with Crippen molar-refractivity contribution in [1.82, 2.24) is 5.16 Å². The van der Waals surface area contributed by atoms with Crippen LogP contribution in [0.15, 0.2) is 20.8 Å². The average Bonchev–Trinajstić information content (AvgIpc) is 2.99. The van der Waals surface area contributed by atoms with Crippen molar-refractivity contribution < 1.29 is 24.3 Å². The molecule has 2 aliphatic carbocycles. The molecule has 0 atom stereocenters. The number of aliphatic hydroxyl groups excluding tert-OH is 2. The third-order valence-electron chi connectivity index (χ3n) is 5.07. The predicted molar refractivity (Wildman–Crippen MR) is 99.2 cm³/mol. The van der Waals surface area contributed by atoms with Gasteiger partial charge in [-0.2, -0.15) is 0 Å². The van der Waals surface area contributed by atoms with Gasteiger partial charge in [-0.15, -0.1) is 0 Å². The predicted octanol–water partition coefficient (Wildman–Crippen LogP) is 2.76. The number of fused-ring (bicyclic) bond motifs is 1. The van der Waals surface area contributed by atoms with Gasteiger partial charge in [-0.1, -0.05) is 19.0 Å². The molecule has 27 heavy (non-hydrogen) atoms. The van der Waals surface area contributed by atoms with Gasteiger partial charge in [0.05, 0.1) is 30.0 Å². The molecule has 7 nitrogen and oxygen atoms in total. The van der Waals surface area contributed by atoms with Crippen molar-refractivity contribution in [3.63, 3.8) is 0 Å². The number of Topliss-reactive ketones (excluding diaryl/α,β-unsaturated/α-hetero) is 2. The maximum Gasteiger partial charge on any atom is 0.168 e. The maximum absolute atomic E-state index is 12.5. The van der Waals surface area contributed by atoms with E-state index in [9.17, 15) is 14.7 Å². The van der Waals surface area contributed by atoms with Gasteiger partial charge in [-0.05, 0) is 18.3 Å². The van der Waals surface area contributed by atoms with Crippen LogP contribution in [0.25, 0.3) is 0 Å². The zero-order valence-corrected chi connectivity index (χ0v) is 15.9. The second-order valence-electron chi connectivity index (χ2n) is 8.02. The minimum atomic E-state index is -0.141. The Labute approximate surface area is 158 Å². The molecule has 1 fully saturated rings. The number of aliphatic imine (C=N–C) groups is 1. The average molecular weight is 374 g/mol. The number of carbonyl (C=O) groups excluding carboxylic acids is 2. The number of carbonyl (C=O) groups is 2. The summed E-state index contributed by atoms with van der Waals surface area (Å²) in [7, 11) is 0. The van der Waals surface area contributed by atoms with Crippen molar-refractivity contribution in [3.05, 3.63) is 28.3 Å². The molecule has 1 aromatic rings. The lowest BCUT2D eigenvalue weighted by Crippen LogP contribution is -2.26. The summed E-state index contributed by atoms with van der Waals surface area (Å²) >= 11 is 0. The highest BCUT2D eigenvalue weighted by atomic mass is 16.5. The quantitative estimate of drug-likeness (QED) is 0.605. The number of aliphatic hydroxyl groups is 2. The van der Waals surface area contributed by atoms with Crippen LogP contribution in [0, 0.1) is 5.41 Å². The van der Waals surface area contributed by atoms with E-state index < -0.39 is 0 Å². The summed E-state index contributed by atoms with van der Waals surface area (Å²) in [5, 5.41) is 23.5.